The Bertz CT molecular complexity index is 587. The van der Waals surface area contributed by atoms with Gasteiger partial charge < -0.3 is 5.32 Å². The molecule has 7 heteroatoms. The summed E-state index contributed by atoms with van der Waals surface area (Å²) in [6, 6.07) is 7.42. The lowest BCUT2D eigenvalue weighted by Gasteiger charge is -2.13. The molecule has 0 bridgehead atoms. The van der Waals surface area contributed by atoms with E-state index in [2.05, 4.69) is 22.2 Å². The summed E-state index contributed by atoms with van der Waals surface area (Å²) in [5, 5.41) is 4.73. The molecule has 0 saturated carbocycles. The number of rotatable bonds is 4. The summed E-state index contributed by atoms with van der Waals surface area (Å²) >= 11 is 2.94. The molecule has 0 saturated heterocycles. The quantitative estimate of drug-likeness (QED) is 0.837. The minimum atomic E-state index is -0.510. The van der Waals surface area contributed by atoms with E-state index in [4.69, 9.17) is 0 Å². The zero-order valence-corrected chi connectivity index (χ0v) is 12.9. The predicted molar refractivity (Wildman–Crippen MR) is 89.0 cm³/mol. The number of aliphatic imine (C=N–C) groups is 1. The van der Waals surface area contributed by atoms with Gasteiger partial charge in [-0.25, -0.2) is 9.79 Å². The van der Waals surface area contributed by atoms with Crippen molar-refractivity contribution in [3.8, 4) is 0 Å². The first-order valence-corrected chi connectivity index (χ1v) is 8.27. The molecule has 110 valence electrons. The van der Waals surface area contributed by atoms with Crippen molar-refractivity contribution >= 4 is 45.5 Å². The predicted octanol–water partition coefficient (Wildman–Crippen LogP) is 2.67. The molecule has 1 aromatic rings. The lowest BCUT2D eigenvalue weighted by Crippen LogP contribution is -2.40. The van der Waals surface area contributed by atoms with Crippen molar-refractivity contribution in [3.05, 3.63) is 42.5 Å². The number of thioether (sulfide) groups is 2. The van der Waals surface area contributed by atoms with Gasteiger partial charge in [0.1, 0.15) is 4.38 Å². The average Bonchev–Trinajstić information content (AvgIpc) is 2.50. The Balaban J connectivity index is 1.81. The standard InChI is InChI=1S/C14H15N3O2S2/c1-2-7-15-13(19)17-12(18)9-21-14-16-11-6-4-3-5-10(11)8-20-14/h2-6H,1,7-9H2,(H2,15,17,18,19). The zero-order chi connectivity index (χ0) is 15.1. The third-order valence-electron chi connectivity index (χ3n) is 2.54. The maximum absolute atomic E-state index is 11.6. The van der Waals surface area contributed by atoms with E-state index in [1.807, 2.05) is 24.3 Å². The molecule has 3 amide bonds. The normalized spacial score (nSPS) is 12.9. The Morgan fingerprint density at radius 1 is 1.43 bits per heavy atom. The summed E-state index contributed by atoms with van der Waals surface area (Å²) in [6.07, 6.45) is 1.55. The van der Waals surface area contributed by atoms with Gasteiger partial charge in [0, 0.05) is 12.3 Å². The number of benzene rings is 1. The van der Waals surface area contributed by atoms with E-state index >= 15 is 0 Å². The van der Waals surface area contributed by atoms with E-state index in [9.17, 15) is 9.59 Å². The van der Waals surface area contributed by atoms with Crippen LogP contribution in [-0.4, -0.2) is 28.6 Å². The minimum absolute atomic E-state index is 0.162. The molecule has 0 spiro atoms. The summed E-state index contributed by atoms with van der Waals surface area (Å²) in [4.78, 5) is 27.4. The molecule has 0 radical (unpaired) electrons. The summed E-state index contributed by atoms with van der Waals surface area (Å²) < 4.78 is 0.843. The molecule has 1 aliphatic heterocycles. The smallest absolute Gasteiger partial charge is 0.321 e. The Morgan fingerprint density at radius 3 is 3.05 bits per heavy atom. The topological polar surface area (TPSA) is 70.6 Å². The molecule has 0 fully saturated rings. The number of urea groups is 1. The Labute approximate surface area is 131 Å². The average molecular weight is 321 g/mol. The number of fused-ring (bicyclic) bond motifs is 1. The summed E-state index contributed by atoms with van der Waals surface area (Å²) in [5.41, 5.74) is 2.14. The van der Waals surface area contributed by atoms with E-state index in [0.29, 0.717) is 6.54 Å². The fourth-order valence-electron chi connectivity index (χ4n) is 1.59. The Hall–Kier alpha value is -1.73. The first kappa shape index (κ1) is 15.7. The highest BCUT2D eigenvalue weighted by Crippen LogP contribution is 2.34. The molecule has 0 unspecified atom stereocenters. The monoisotopic (exact) mass is 321 g/mol. The van der Waals surface area contributed by atoms with Gasteiger partial charge >= 0.3 is 6.03 Å². The van der Waals surface area contributed by atoms with Crippen LogP contribution in [0.1, 0.15) is 5.56 Å². The first-order chi connectivity index (χ1) is 10.2. The van der Waals surface area contributed by atoms with Crippen molar-refractivity contribution in [2.45, 2.75) is 5.75 Å². The molecule has 1 aliphatic rings. The van der Waals surface area contributed by atoms with E-state index in [1.165, 1.54) is 17.3 Å². The molecule has 1 heterocycles. The van der Waals surface area contributed by atoms with Gasteiger partial charge in [-0.05, 0) is 11.6 Å². The highest BCUT2D eigenvalue weighted by Gasteiger charge is 2.14. The first-order valence-electron chi connectivity index (χ1n) is 6.30. The lowest BCUT2D eigenvalue weighted by atomic mass is 10.2. The van der Waals surface area contributed by atoms with Crippen molar-refractivity contribution in [3.63, 3.8) is 0 Å². The third-order valence-corrected chi connectivity index (χ3v) is 4.79. The molecule has 21 heavy (non-hydrogen) atoms. The number of carbonyl (C=O) groups is 2. The largest absolute Gasteiger partial charge is 0.334 e. The van der Waals surface area contributed by atoms with Crippen LogP contribution in [0.15, 0.2) is 41.9 Å². The van der Waals surface area contributed by atoms with Crippen LogP contribution in [-0.2, 0) is 10.5 Å². The zero-order valence-electron chi connectivity index (χ0n) is 11.3. The van der Waals surface area contributed by atoms with E-state index in [-0.39, 0.29) is 11.7 Å². The number of amides is 3. The maximum Gasteiger partial charge on any atom is 0.321 e. The minimum Gasteiger partial charge on any atom is -0.334 e. The lowest BCUT2D eigenvalue weighted by molar-refractivity contribution is -0.117. The van der Waals surface area contributed by atoms with E-state index < -0.39 is 6.03 Å². The highest BCUT2D eigenvalue weighted by molar-refractivity contribution is 8.38. The fraction of sp³-hybridized carbons (Fsp3) is 0.214. The summed E-state index contributed by atoms with van der Waals surface area (Å²) in [5.74, 6) is 0.669. The second-order valence-electron chi connectivity index (χ2n) is 4.13. The number of imide groups is 1. The molecule has 1 aromatic carbocycles. The van der Waals surface area contributed by atoms with Crippen LogP contribution in [0.25, 0.3) is 0 Å². The van der Waals surface area contributed by atoms with Crippen LogP contribution in [0, 0.1) is 0 Å². The molecule has 2 N–H and O–H groups in total. The Morgan fingerprint density at radius 2 is 2.24 bits per heavy atom. The molecular formula is C14H15N3O2S2. The van der Waals surface area contributed by atoms with Crippen LogP contribution < -0.4 is 10.6 Å². The molecular weight excluding hydrogens is 306 g/mol. The van der Waals surface area contributed by atoms with Gasteiger partial charge in [0.05, 0.1) is 11.4 Å². The molecule has 0 atom stereocenters. The Kier molecular flexibility index (Phi) is 5.89. The molecule has 0 aromatic heterocycles. The molecule has 0 aliphatic carbocycles. The van der Waals surface area contributed by atoms with Gasteiger partial charge in [0.2, 0.25) is 5.91 Å². The van der Waals surface area contributed by atoms with Crippen LogP contribution in [0.4, 0.5) is 10.5 Å². The third kappa shape index (κ3) is 4.95. The highest BCUT2D eigenvalue weighted by atomic mass is 32.2. The van der Waals surface area contributed by atoms with Gasteiger partial charge in [-0.3, -0.25) is 10.1 Å². The van der Waals surface area contributed by atoms with Crippen molar-refractivity contribution in [1.29, 1.82) is 0 Å². The summed E-state index contributed by atoms with van der Waals surface area (Å²) in [7, 11) is 0. The van der Waals surface area contributed by atoms with Gasteiger partial charge in [-0.2, -0.15) is 0 Å². The number of nitrogens with one attached hydrogen (secondary N) is 2. The maximum atomic E-state index is 11.6. The van der Waals surface area contributed by atoms with Crippen LogP contribution in [0.5, 0.6) is 0 Å². The number of para-hydroxylation sites is 1. The second kappa shape index (κ2) is 7.90. The number of hydrogen-bond donors (Lipinski definition) is 2. The fourth-order valence-corrected chi connectivity index (χ4v) is 3.45. The molecule has 5 nitrogen and oxygen atoms in total. The van der Waals surface area contributed by atoms with Crippen LogP contribution >= 0.6 is 23.5 Å². The van der Waals surface area contributed by atoms with Crippen molar-refractivity contribution in [2.24, 2.45) is 4.99 Å². The number of carbonyl (C=O) groups excluding carboxylic acids is 2. The van der Waals surface area contributed by atoms with Crippen molar-refractivity contribution in [2.75, 3.05) is 12.3 Å². The van der Waals surface area contributed by atoms with Crippen molar-refractivity contribution < 1.29 is 9.59 Å². The van der Waals surface area contributed by atoms with Gasteiger partial charge in [-0.1, -0.05) is 47.8 Å². The van der Waals surface area contributed by atoms with Gasteiger partial charge in [0.15, 0.2) is 0 Å². The van der Waals surface area contributed by atoms with Gasteiger partial charge in [-0.15, -0.1) is 6.58 Å². The van der Waals surface area contributed by atoms with Crippen LogP contribution in [0.2, 0.25) is 0 Å². The van der Waals surface area contributed by atoms with Gasteiger partial charge in [0.25, 0.3) is 0 Å². The molecule has 2 rings (SSSR count). The summed E-state index contributed by atoms with van der Waals surface area (Å²) in [6.45, 7) is 3.80. The second-order valence-corrected chi connectivity index (χ2v) is 6.32. The number of hydrogen-bond acceptors (Lipinski definition) is 5. The van der Waals surface area contributed by atoms with Crippen molar-refractivity contribution in [1.82, 2.24) is 10.6 Å². The van der Waals surface area contributed by atoms with E-state index in [1.54, 1.807) is 17.8 Å². The number of nitrogens with zero attached hydrogens (tertiary/aromatic N) is 1. The SMILES string of the molecule is C=CCNC(=O)NC(=O)CSC1=Nc2ccccc2CS1. The van der Waals surface area contributed by atoms with E-state index in [0.717, 1.165) is 15.8 Å². The van der Waals surface area contributed by atoms with Crippen LogP contribution in [0.3, 0.4) is 0 Å².